The van der Waals surface area contributed by atoms with Crippen LogP contribution in [-0.2, 0) is 5.88 Å². The van der Waals surface area contributed by atoms with Crippen molar-refractivity contribution in [1.82, 2.24) is 0 Å². The number of thioether (sulfide) groups is 1. The monoisotopic (exact) mass is 326 g/mol. The number of hydrogen-bond donors (Lipinski definition) is 0. The van der Waals surface area contributed by atoms with Crippen LogP contribution in [0.2, 0.25) is 0 Å². The van der Waals surface area contributed by atoms with E-state index in [1.807, 2.05) is 11.8 Å². The van der Waals surface area contributed by atoms with E-state index in [1.54, 1.807) is 0 Å². The van der Waals surface area contributed by atoms with Crippen LogP contribution in [0.15, 0.2) is 29.2 Å². The molecule has 0 atom stereocenters. The van der Waals surface area contributed by atoms with Crippen molar-refractivity contribution >= 4 is 23.4 Å². The summed E-state index contributed by atoms with van der Waals surface area (Å²) in [4.78, 5) is 1.37. The average Bonchev–Trinajstić information content (AvgIpc) is 2.53. The van der Waals surface area contributed by atoms with Gasteiger partial charge in [0.25, 0.3) is 0 Å². The van der Waals surface area contributed by atoms with Gasteiger partial charge in [0.2, 0.25) is 0 Å². The maximum atomic E-state index is 5.80. The van der Waals surface area contributed by atoms with Gasteiger partial charge >= 0.3 is 0 Å². The predicted octanol–water partition coefficient (Wildman–Crippen LogP) is 7.44. The number of halogens is 1. The first-order valence-electron chi connectivity index (χ1n) is 8.64. The van der Waals surface area contributed by atoms with Crippen molar-refractivity contribution in [2.75, 3.05) is 5.75 Å². The molecule has 0 saturated carbocycles. The van der Waals surface area contributed by atoms with Gasteiger partial charge in [-0.2, -0.15) is 0 Å². The summed E-state index contributed by atoms with van der Waals surface area (Å²) in [5.74, 6) is 1.86. The van der Waals surface area contributed by atoms with Gasteiger partial charge in [-0.15, -0.1) is 23.4 Å². The number of alkyl halides is 1. The van der Waals surface area contributed by atoms with Crippen LogP contribution in [0.5, 0.6) is 0 Å². The first kappa shape index (κ1) is 18.9. The summed E-state index contributed by atoms with van der Waals surface area (Å²) in [6.07, 6.45) is 14.1. The Kier molecular flexibility index (Phi) is 12.2. The molecular formula is C19H31ClS. The lowest BCUT2D eigenvalue weighted by Gasteiger charge is -2.04. The third-order valence-corrected chi connectivity index (χ3v) is 5.25. The Morgan fingerprint density at radius 2 is 1.29 bits per heavy atom. The molecule has 1 aromatic rings. The topological polar surface area (TPSA) is 0 Å². The van der Waals surface area contributed by atoms with Crippen LogP contribution in [0.4, 0.5) is 0 Å². The van der Waals surface area contributed by atoms with Crippen LogP contribution in [0.3, 0.4) is 0 Å². The fourth-order valence-electron chi connectivity index (χ4n) is 2.45. The summed E-state index contributed by atoms with van der Waals surface area (Å²) in [5, 5.41) is 0. The summed E-state index contributed by atoms with van der Waals surface area (Å²) in [6, 6.07) is 8.65. The minimum Gasteiger partial charge on any atom is -0.126 e. The molecule has 0 nitrogen and oxygen atoms in total. The van der Waals surface area contributed by atoms with Crippen LogP contribution in [-0.4, -0.2) is 5.75 Å². The van der Waals surface area contributed by atoms with Crippen molar-refractivity contribution in [3.63, 3.8) is 0 Å². The van der Waals surface area contributed by atoms with E-state index in [0.717, 1.165) is 0 Å². The van der Waals surface area contributed by atoms with E-state index in [1.165, 1.54) is 80.4 Å². The van der Waals surface area contributed by atoms with Gasteiger partial charge in [-0.1, -0.05) is 76.8 Å². The highest BCUT2D eigenvalue weighted by Crippen LogP contribution is 2.21. The fraction of sp³-hybridized carbons (Fsp3) is 0.684. The second-order valence-electron chi connectivity index (χ2n) is 5.81. The number of benzene rings is 1. The largest absolute Gasteiger partial charge is 0.126 e. The maximum absolute atomic E-state index is 5.80. The molecule has 0 aliphatic carbocycles. The molecule has 1 rings (SSSR count). The molecule has 0 aliphatic rings. The third-order valence-electron chi connectivity index (χ3n) is 3.84. The molecule has 0 unspecified atom stereocenters. The molecule has 0 bridgehead atoms. The molecule has 0 heterocycles. The zero-order valence-electron chi connectivity index (χ0n) is 13.6. The van der Waals surface area contributed by atoms with Crippen molar-refractivity contribution in [3.8, 4) is 0 Å². The zero-order chi connectivity index (χ0) is 15.2. The first-order chi connectivity index (χ1) is 10.4. The summed E-state index contributed by atoms with van der Waals surface area (Å²) in [5.41, 5.74) is 1.21. The highest BCUT2D eigenvalue weighted by molar-refractivity contribution is 7.99. The van der Waals surface area contributed by atoms with E-state index in [0.29, 0.717) is 5.88 Å². The highest BCUT2D eigenvalue weighted by Gasteiger charge is 1.96. The Morgan fingerprint density at radius 1 is 0.762 bits per heavy atom. The minimum absolute atomic E-state index is 0.614. The fourth-order valence-corrected chi connectivity index (χ4v) is 3.55. The lowest BCUT2D eigenvalue weighted by Crippen LogP contribution is -1.84. The van der Waals surface area contributed by atoms with Gasteiger partial charge in [-0.25, -0.2) is 0 Å². The molecular weight excluding hydrogens is 296 g/mol. The number of rotatable bonds is 13. The number of unbranched alkanes of at least 4 members (excludes halogenated alkanes) is 9. The molecule has 1 aromatic carbocycles. The summed E-state index contributed by atoms with van der Waals surface area (Å²) >= 11 is 7.77. The zero-order valence-corrected chi connectivity index (χ0v) is 15.2. The van der Waals surface area contributed by atoms with E-state index >= 15 is 0 Å². The minimum atomic E-state index is 0.614. The molecule has 21 heavy (non-hydrogen) atoms. The standard InChI is InChI=1S/C19H31ClS/c1-2-3-4-5-6-7-8-9-10-11-16-21-19-14-12-18(17-20)13-15-19/h12-15H,2-11,16-17H2,1H3. The number of hydrogen-bond acceptors (Lipinski definition) is 1. The molecule has 120 valence electrons. The average molecular weight is 327 g/mol. The molecule has 0 radical (unpaired) electrons. The molecule has 2 heteroatoms. The first-order valence-corrected chi connectivity index (χ1v) is 10.2. The van der Waals surface area contributed by atoms with Crippen molar-refractivity contribution in [3.05, 3.63) is 29.8 Å². The van der Waals surface area contributed by atoms with E-state index in [4.69, 9.17) is 11.6 Å². The Balaban J connectivity index is 1.88. The summed E-state index contributed by atoms with van der Waals surface area (Å²) in [6.45, 7) is 2.28. The van der Waals surface area contributed by atoms with Crippen LogP contribution < -0.4 is 0 Å². The highest BCUT2D eigenvalue weighted by atomic mass is 35.5. The van der Waals surface area contributed by atoms with Gasteiger partial charge < -0.3 is 0 Å². The smallest absolute Gasteiger partial charge is 0.0474 e. The molecule has 0 saturated heterocycles. The van der Waals surface area contributed by atoms with E-state index in [-0.39, 0.29) is 0 Å². The Hall–Kier alpha value is -0.140. The molecule has 0 spiro atoms. The summed E-state index contributed by atoms with van der Waals surface area (Å²) in [7, 11) is 0. The predicted molar refractivity (Wildman–Crippen MR) is 98.6 cm³/mol. The van der Waals surface area contributed by atoms with Crippen LogP contribution in [0.25, 0.3) is 0 Å². The Bertz CT molecular complexity index is 334. The molecule has 0 aromatic heterocycles. The lowest BCUT2D eigenvalue weighted by molar-refractivity contribution is 0.563. The second-order valence-corrected chi connectivity index (χ2v) is 7.24. The van der Waals surface area contributed by atoms with Gasteiger partial charge in [0.1, 0.15) is 0 Å². The Labute approximate surface area is 141 Å². The van der Waals surface area contributed by atoms with Crippen LogP contribution >= 0.6 is 23.4 Å². The van der Waals surface area contributed by atoms with Gasteiger partial charge in [0, 0.05) is 10.8 Å². The normalized spacial score (nSPS) is 11.0. The maximum Gasteiger partial charge on any atom is 0.0474 e. The molecule has 0 amide bonds. The van der Waals surface area contributed by atoms with E-state index < -0.39 is 0 Å². The lowest BCUT2D eigenvalue weighted by atomic mass is 10.1. The van der Waals surface area contributed by atoms with E-state index in [2.05, 4.69) is 31.2 Å². The third kappa shape index (κ3) is 10.3. The molecule has 0 aliphatic heterocycles. The van der Waals surface area contributed by atoms with Gasteiger partial charge in [-0.3, -0.25) is 0 Å². The molecule has 0 N–H and O–H groups in total. The van der Waals surface area contributed by atoms with Gasteiger partial charge in [-0.05, 0) is 29.9 Å². The van der Waals surface area contributed by atoms with Crippen molar-refractivity contribution < 1.29 is 0 Å². The van der Waals surface area contributed by atoms with Gasteiger partial charge in [0.05, 0.1) is 0 Å². The van der Waals surface area contributed by atoms with Crippen LogP contribution in [0.1, 0.15) is 76.7 Å². The SMILES string of the molecule is CCCCCCCCCCCCSc1ccc(CCl)cc1. The summed E-state index contributed by atoms with van der Waals surface area (Å²) < 4.78 is 0. The Morgan fingerprint density at radius 3 is 1.81 bits per heavy atom. The van der Waals surface area contributed by atoms with Crippen molar-refractivity contribution in [1.29, 1.82) is 0 Å². The second kappa shape index (κ2) is 13.5. The van der Waals surface area contributed by atoms with Crippen LogP contribution in [0, 0.1) is 0 Å². The van der Waals surface area contributed by atoms with Crippen molar-refractivity contribution in [2.45, 2.75) is 81.9 Å². The van der Waals surface area contributed by atoms with E-state index in [9.17, 15) is 0 Å². The van der Waals surface area contributed by atoms with Gasteiger partial charge in [0.15, 0.2) is 0 Å². The molecule has 0 fully saturated rings. The quantitative estimate of drug-likeness (QED) is 0.206. The van der Waals surface area contributed by atoms with Crippen molar-refractivity contribution in [2.24, 2.45) is 0 Å².